The van der Waals surface area contributed by atoms with Crippen LogP contribution in [-0.2, 0) is 35.2 Å². The highest BCUT2D eigenvalue weighted by Gasteiger charge is 2.23. The van der Waals surface area contributed by atoms with E-state index in [9.17, 15) is 14.4 Å². The number of carbonyl (C=O) groups excluding carboxylic acids is 3. The Morgan fingerprint density at radius 3 is 2.06 bits per heavy atom. The first kappa shape index (κ1) is 29.6. The van der Waals surface area contributed by atoms with Crippen molar-refractivity contribution in [1.82, 2.24) is 5.32 Å². The van der Waals surface area contributed by atoms with Crippen molar-refractivity contribution < 1.29 is 28.6 Å². The molecule has 7 heteroatoms. The molecule has 1 aromatic rings. The lowest BCUT2D eigenvalue weighted by atomic mass is 10.1. The number of carbonyl (C=O) groups is 3. The molecule has 0 aliphatic carbocycles. The third-order valence-corrected chi connectivity index (χ3v) is 5.54. The van der Waals surface area contributed by atoms with Gasteiger partial charge < -0.3 is 19.5 Å². The number of nitrogens with one attached hydrogen (secondary N) is 1. The van der Waals surface area contributed by atoms with E-state index < -0.39 is 18.0 Å². The fraction of sp³-hybridized carbons (Fsp3) is 0.667. The summed E-state index contributed by atoms with van der Waals surface area (Å²) in [6.07, 6.45) is 10.7. The van der Waals surface area contributed by atoms with Crippen LogP contribution in [0.15, 0.2) is 30.3 Å². The zero-order valence-corrected chi connectivity index (χ0v) is 21.0. The normalized spacial score (nSPS) is 11.6. The molecule has 192 valence electrons. The number of unbranched alkanes of at least 4 members (excludes halogenated alkanes) is 8. The van der Waals surface area contributed by atoms with Crippen LogP contribution in [0.1, 0.15) is 89.5 Å². The first-order valence-electron chi connectivity index (χ1n) is 12.7. The smallest absolute Gasteiger partial charge is 0.328 e. The summed E-state index contributed by atoms with van der Waals surface area (Å²) in [6.45, 7) is 2.96. The molecule has 1 N–H and O–H groups in total. The van der Waals surface area contributed by atoms with E-state index in [-0.39, 0.29) is 32.0 Å². The fourth-order valence-electron chi connectivity index (χ4n) is 3.60. The van der Waals surface area contributed by atoms with Crippen LogP contribution in [0.3, 0.4) is 0 Å². The fourth-order valence-corrected chi connectivity index (χ4v) is 3.60. The van der Waals surface area contributed by atoms with Crippen LogP contribution in [-0.4, -0.2) is 44.2 Å². The highest BCUT2D eigenvalue weighted by atomic mass is 16.5. The van der Waals surface area contributed by atoms with E-state index >= 15 is 0 Å². The van der Waals surface area contributed by atoms with E-state index in [1.807, 2.05) is 30.3 Å². The van der Waals surface area contributed by atoms with Gasteiger partial charge in [0.05, 0.1) is 6.61 Å². The summed E-state index contributed by atoms with van der Waals surface area (Å²) in [7, 11) is 1.74. The van der Waals surface area contributed by atoms with Crippen molar-refractivity contribution in [1.29, 1.82) is 0 Å². The van der Waals surface area contributed by atoms with Gasteiger partial charge >= 0.3 is 11.9 Å². The summed E-state index contributed by atoms with van der Waals surface area (Å²) in [5.41, 5.74) is 0.896. The minimum absolute atomic E-state index is 0.0298. The molecule has 1 rings (SSSR count). The minimum Gasteiger partial charge on any atom is -0.464 e. The molecule has 34 heavy (non-hydrogen) atoms. The quantitative estimate of drug-likeness (QED) is 0.207. The Morgan fingerprint density at radius 1 is 0.824 bits per heavy atom. The maximum atomic E-state index is 12.3. The third-order valence-electron chi connectivity index (χ3n) is 5.54. The zero-order valence-electron chi connectivity index (χ0n) is 21.0. The van der Waals surface area contributed by atoms with Gasteiger partial charge in [-0.25, -0.2) is 4.79 Å². The standard InChI is InChI=1S/C27H43NO6/c1-3-33-27(31)24(19-20-26(30)34-22-23-16-12-11-13-17-23)28-25(29)18-14-9-7-5-4-6-8-10-15-21-32-2/h11-13,16-17,24H,3-10,14-15,18-22H2,1-2H3,(H,28,29)/t24-/m1/s1. The summed E-state index contributed by atoms with van der Waals surface area (Å²) in [5, 5.41) is 2.73. The molecule has 0 aliphatic heterocycles. The third kappa shape index (κ3) is 15.4. The van der Waals surface area contributed by atoms with Crippen molar-refractivity contribution in [3.63, 3.8) is 0 Å². The molecule has 1 amide bonds. The summed E-state index contributed by atoms with van der Waals surface area (Å²) in [6, 6.07) is 8.56. The Balaban J connectivity index is 2.22. The zero-order chi connectivity index (χ0) is 24.9. The topological polar surface area (TPSA) is 90.9 Å². The molecule has 7 nitrogen and oxygen atoms in total. The second kappa shape index (κ2) is 20.0. The Kier molecular flexibility index (Phi) is 17.4. The van der Waals surface area contributed by atoms with Crippen LogP contribution < -0.4 is 5.32 Å². The van der Waals surface area contributed by atoms with Gasteiger partial charge in [0.25, 0.3) is 0 Å². The van der Waals surface area contributed by atoms with Gasteiger partial charge in [0, 0.05) is 26.6 Å². The Hall–Kier alpha value is -2.41. The molecule has 0 saturated carbocycles. The molecule has 0 saturated heterocycles. The van der Waals surface area contributed by atoms with Crippen molar-refractivity contribution in [3.05, 3.63) is 35.9 Å². The van der Waals surface area contributed by atoms with Crippen molar-refractivity contribution in [2.75, 3.05) is 20.3 Å². The SMILES string of the molecule is CCOC(=O)[C@@H](CCC(=O)OCc1ccccc1)NC(=O)CCCCCCCCCCCOC. The maximum absolute atomic E-state index is 12.3. The molecule has 0 aliphatic rings. The van der Waals surface area contributed by atoms with Gasteiger partial charge in [-0.1, -0.05) is 75.3 Å². The van der Waals surface area contributed by atoms with Crippen LogP contribution in [0, 0.1) is 0 Å². The molecule has 0 fully saturated rings. The number of methoxy groups -OCH3 is 1. The molecule has 0 bridgehead atoms. The van der Waals surface area contributed by atoms with Crippen LogP contribution in [0.4, 0.5) is 0 Å². The van der Waals surface area contributed by atoms with E-state index in [4.69, 9.17) is 14.2 Å². The van der Waals surface area contributed by atoms with Gasteiger partial charge in [0.1, 0.15) is 12.6 Å². The Labute approximate surface area is 204 Å². The molecule has 1 atom stereocenters. The average molecular weight is 478 g/mol. The highest BCUT2D eigenvalue weighted by molar-refractivity contribution is 5.84. The highest BCUT2D eigenvalue weighted by Crippen LogP contribution is 2.11. The Morgan fingerprint density at radius 2 is 1.44 bits per heavy atom. The van der Waals surface area contributed by atoms with Crippen molar-refractivity contribution in [3.8, 4) is 0 Å². The summed E-state index contributed by atoms with van der Waals surface area (Å²) in [5.74, 6) is -1.11. The van der Waals surface area contributed by atoms with Gasteiger partial charge in [-0.2, -0.15) is 0 Å². The lowest BCUT2D eigenvalue weighted by molar-refractivity contribution is -0.149. The lowest BCUT2D eigenvalue weighted by Gasteiger charge is -2.17. The predicted molar refractivity (Wildman–Crippen MR) is 132 cm³/mol. The van der Waals surface area contributed by atoms with Gasteiger partial charge in [-0.15, -0.1) is 0 Å². The monoisotopic (exact) mass is 477 g/mol. The molecular formula is C27H43NO6. The van der Waals surface area contributed by atoms with Gasteiger partial charge in [-0.05, 0) is 31.7 Å². The Bertz CT molecular complexity index is 679. The van der Waals surface area contributed by atoms with Crippen molar-refractivity contribution >= 4 is 17.8 Å². The average Bonchev–Trinajstić information content (AvgIpc) is 2.84. The second-order valence-corrected chi connectivity index (χ2v) is 8.48. The molecule has 0 aromatic heterocycles. The molecule has 0 spiro atoms. The number of esters is 2. The first-order chi connectivity index (χ1) is 16.6. The van der Waals surface area contributed by atoms with Gasteiger partial charge in [0.2, 0.25) is 5.91 Å². The molecule has 0 radical (unpaired) electrons. The van der Waals surface area contributed by atoms with E-state index in [1.54, 1.807) is 14.0 Å². The van der Waals surface area contributed by atoms with Gasteiger partial charge in [0.15, 0.2) is 0 Å². The van der Waals surface area contributed by atoms with Crippen LogP contribution in [0.25, 0.3) is 0 Å². The summed E-state index contributed by atoms with van der Waals surface area (Å²) in [4.78, 5) is 36.6. The van der Waals surface area contributed by atoms with Crippen molar-refractivity contribution in [2.45, 2.75) is 96.6 Å². The maximum Gasteiger partial charge on any atom is 0.328 e. The number of amides is 1. The van der Waals surface area contributed by atoms with E-state index in [2.05, 4.69) is 5.32 Å². The summed E-state index contributed by atoms with van der Waals surface area (Å²) < 4.78 is 15.4. The van der Waals surface area contributed by atoms with E-state index in [0.717, 1.165) is 37.9 Å². The van der Waals surface area contributed by atoms with Crippen molar-refractivity contribution in [2.24, 2.45) is 0 Å². The van der Waals surface area contributed by atoms with Crippen LogP contribution >= 0.6 is 0 Å². The molecule has 0 unspecified atom stereocenters. The molecular weight excluding hydrogens is 434 g/mol. The van der Waals surface area contributed by atoms with Gasteiger partial charge in [-0.3, -0.25) is 9.59 Å². The molecule has 0 heterocycles. The van der Waals surface area contributed by atoms with E-state index in [0.29, 0.717) is 6.42 Å². The number of ether oxygens (including phenoxy) is 3. The van der Waals surface area contributed by atoms with Crippen LogP contribution in [0.5, 0.6) is 0 Å². The first-order valence-corrected chi connectivity index (χ1v) is 12.7. The number of benzene rings is 1. The largest absolute Gasteiger partial charge is 0.464 e. The lowest BCUT2D eigenvalue weighted by Crippen LogP contribution is -2.42. The predicted octanol–water partition coefficient (Wildman–Crippen LogP) is 5.11. The van der Waals surface area contributed by atoms with Crippen LogP contribution in [0.2, 0.25) is 0 Å². The minimum atomic E-state index is -0.838. The number of hydrogen-bond acceptors (Lipinski definition) is 6. The number of hydrogen-bond donors (Lipinski definition) is 1. The summed E-state index contributed by atoms with van der Waals surface area (Å²) >= 11 is 0. The van der Waals surface area contributed by atoms with E-state index in [1.165, 1.54) is 32.1 Å². The molecule has 1 aromatic carbocycles. The number of rotatable bonds is 20. The second-order valence-electron chi connectivity index (χ2n) is 8.48.